The molecule has 0 saturated heterocycles. The first-order valence-electron chi connectivity index (χ1n) is 3.55. The molecule has 0 aliphatic rings. The van der Waals surface area contributed by atoms with Gasteiger partial charge in [0.1, 0.15) is 0 Å². The van der Waals surface area contributed by atoms with E-state index < -0.39 is 17.0 Å². The fourth-order valence-corrected chi connectivity index (χ4v) is 2.21. The summed E-state index contributed by atoms with van der Waals surface area (Å²) < 4.78 is 24.5. The molecule has 0 aliphatic heterocycles. The summed E-state index contributed by atoms with van der Waals surface area (Å²) in [5, 5.41) is 0. The predicted octanol–water partition coefficient (Wildman–Crippen LogP) is 1.82. The first-order valence-corrected chi connectivity index (χ1v) is 5.45. The summed E-state index contributed by atoms with van der Waals surface area (Å²) in [5.41, 5.74) is 0.229. The zero-order chi connectivity index (χ0) is 10.7. The van der Waals surface area contributed by atoms with E-state index >= 15 is 0 Å². The Kier molecular flexibility index (Phi) is 3.79. The van der Waals surface area contributed by atoms with E-state index in [1.165, 1.54) is 25.3 Å². The number of rotatable bonds is 2. The predicted molar refractivity (Wildman–Crippen MR) is 54.5 cm³/mol. The third-order valence-electron chi connectivity index (χ3n) is 1.56. The van der Waals surface area contributed by atoms with Gasteiger partial charge in [-0.25, -0.2) is 9.00 Å². The van der Waals surface area contributed by atoms with Crippen LogP contribution in [-0.4, -0.2) is 21.8 Å². The van der Waals surface area contributed by atoms with E-state index in [-0.39, 0.29) is 14.9 Å². The van der Waals surface area contributed by atoms with Gasteiger partial charge >= 0.3 is 5.97 Å². The van der Waals surface area contributed by atoms with Crippen molar-refractivity contribution in [1.29, 1.82) is 0 Å². The van der Waals surface area contributed by atoms with E-state index in [0.717, 1.165) is 0 Å². The maximum absolute atomic E-state index is 11.2. The topological polar surface area (TPSA) is 63.6 Å². The number of methoxy groups -OCH3 is 1. The maximum Gasteiger partial charge on any atom is 0.339 e. The first kappa shape index (κ1) is 11.4. The van der Waals surface area contributed by atoms with Crippen molar-refractivity contribution in [2.75, 3.05) is 7.11 Å². The van der Waals surface area contributed by atoms with Crippen molar-refractivity contribution in [2.24, 2.45) is 0 Å². The molecule has 0 amide bonds. The highest BCUT2D eigenvalue weighted by Crippen LogP contribution is 2.24. The Balaban J connectivity index is 3.27. The lowest BCUT2D eigenvalue weighted by atomic mass is 10.2. The molecule has 0 bridgehead atoms. The van der Waals surface area contributed by atoms with Crippen LogP contribution >= 0.6 is 15.9 Å². The van der Waals surface area contributed by atoms with Gasteiger partial charge in [0.15, 0.2) is 11.1 Å². The number of hydrogen-bond donors (Lipinski definition) is 1. The van der Waals surface area contributed by atoms with Gasteiger partial charge in [0.2, 0.25) is 0 Å². The average Bonchev–Trinajstić information content (AvgIpc) is 2.16. The molecular weight excluding hydrogens is 272 g/mol. The molecular formula is C8H7BrO4S. The number of carbonyl (C=O) groups excluding carboxylic acids is 1. The number of ether oxygens (including phenoxy) is 1. The number of benzene rings is 1. The van der Waals surface area contributed by atoms with Crippen LogP contribution in [0.1, 0.15) is 10.4 Å². The monoisotopic (exact) mass is 278 g/mol. The van der Waals surface area contributed by atoms with Crippen LogP contribution in [0.25, 0.3) is 0 Å². The summed E-state index contributed by atoms with van der Waals surface area (Å²) in [6.07, 6.45) is 0. The first-order chi connectivity index (χ1) is 6.57. The summed E-state index contributed by atoms with van der Waals surface area (Å²) >= 11 is 0.945. The van der Waals surface area contributed by atoms with Crippen LogP contribution < -0.4 is 0 Å². The Morgan fingerprint density at radius 2 is 2.21 bits per heavy atom. The molecule has 0 saturated carbocycles. The van der Waals surface area contributed by atoms with E-state index in [2.05, 4.69) is 20.7 Å². The molecule has 1 rings (SSSR count). The largest absolute Gasteiger partial charge is 0.465 e. The second-order valence-corrected chi connectivity index (χ2v) is 4.09. The van der Waals surface area contributed by atoms with E-state index in [1.807, 2.05) is 0 Å². The third kappa shape index (κ3) is 2.20. The van der Waals surface area contributed by atoms with E-state index in [1.54, 1.807) is 0 Å². The maximum atomic E-state index is 11.2. The van der Waals surface area contributed by atoms with Crippen LogP contribution in [0.5, 0.6) is 0 Å². The van der Waals surface area contributed by atoms with Gasteiger partial charge in [-0.1, -0.05) is 6.07 Å². The van der Waals surface area contributed by atoms with Gasteiger partial charge < -0.3 is 9.29 Å². The lowest BCUT2D eigenvalue weighted by Gasteiger charge is -2.04. The van der Waals surface area contributed by atoms with Crippen molar-refractivity contribution in [2.45, 2.75) is 4.90 Å². The minimum absolute atomic E-state index is 0.146. The lowest BCUT2D eigenvalue weighted by molar-refractivity contribution is 0.0599. The van der Waals surface area contributed by atoms with E-state index in [9.17, 15) is 9.00 Å². The number of hydrogen-bond acceptors (Lipinski definition) is 3. The summed E-state index contributed by atoms with van der Waals surface area (Å²) in [7, 11) is 1.25. The van der Waals surface area contributed by atoms with E-state index in [0.29, 0.717) is 0 Å². The molecule has 6 heteroatoms. The Morgan fingerprint density at radius 1 is 1.57 bits per heavy atom. The molecule has 1 N–H and O–H groups in total. The molecule has 0 heterocycles. The lowest BCUT2D eigenvalue weighted by Crippen LogP contribution is -2.04. The third-order valence-corrected chi connectivity index (χ3v) is 3.39. The van der Waals surface area contributed by atoms with Crippen molar-refractivity contribution in [3.05, 3.63) is 28.2 Å². The second kappa shape index (κ2) is 4.68. The van der Waals surface area contributed by atoms with Crippen molar-refractivity contribution in [1.82, 2.24) is 0 Å². The van der Waals surface area contributed by atoms with Crippen molar-refractivity contribution >= 4 is 33.0 Å². The second-order valence-electron chi connectivity index (χ2n) is 2.36. The molecule has 4 nitrogen and oxygen atoms in total. The molecule has 0 spiro atoms. The summed E-state index contributed by atoms with van der Waals surface area (Å²) in [4.78, 5) is 11.3. The highest BCUT2D eigenvalue weighted by atomic mass is 79.9. The fourth-order valence-electron chi connectivity index (χ4n) is 0.913. The molecule has 0 aromatic heterocycles. The molecule has 14 heavy (non-hydrogen) atoms. The molecule has 1 aromatic rings. The number of esters is 1. The molecule has 1 atom stereocenters. The normalized spacial score (nSPS) is 12.2. The molecule has 0 aliphatic carbocycles. The molecule has 1 unspecified atom stereocenters. The van der Waals surface area contributed by atoms with Gasteiger partial charge in [-0.3, -0.25) is 0 Å². The Hall–Kier alpha value is -0.720. The molecule has 1 aromatic carbocycles. The van der Waals surface area contributed by atoms with Gasteiger partial charge in [-0.05, 0) is 28.1 Å². The van der Waals surface area contributed by atoms with Crippen LogP contribution in [0.15, 0.2) is 27.6 Å². The average molecular weight is 279 g/mol. The zero-order valence-electron chi connectivity index (χ0n) is 7.19. The standard InChI is InChI=1S/C8H7BrO4S/c1-13-8(10)5-3-2-4-6(7(5)9)14(11)12/h2-4H,1H3,(H,11,12). The number of carbonyl (C=O) groups is 1. The van der Waals surface area contributed by atoms with Crippen LogP contribution in [-0.2, 0) is 15.8 Å². The van der Waals surface area contributed by atoms with Gasteiger partial charge in [0, 0.05) is 0 Å². The van der Waals surface area contributed by atoms with Crippen LogP contribution in [0.3, 0.4) is 0 Å². The van der Waals surface area contributed by atoms with E-state index in [4.69, 9.17) is 4.55 Å². The summed E-state index contributed by atoms with van der Waals surface area (Å²) in [5.74, 6) is -0.552. The van der Waals surface area contributed by atoms with Crippen molar-refractivity contribution in [3.8, 4) is 0 Å². The van der Waals surface area contributed by atoms with Gasteiger partial charge in [0.25, 0.3) is 0 Å². The Bertz CT molecular complexity index is 391. The van der Waals surface area contributed by atoms with Gasteiger partial charge in [-0.2, -0.15) is 0 Å². The highest BCUT2D eigenvalue weighted by Gasteiger charge is 2.15. The van der Waals surface area contributed by atoms with Crippen molar-refractivity contribution < 1.29 is 18.3 Å². The highest BCUT2D eigenvalue weighted by molar-refractivity contribution is 9.10. The van der Waals surface area contributed by atoms with Crippen molar-refractivity contribution in [3.63, 3.8) is 0 Å². The molecule has 76 valence electrons. The molecule has 0 fully saturated rings. The fraction of sp³-hybridized carbons (Fsp3) is 0.125. The Labute approximate surface area is 91.7 Å². The minimum Gasteiger partial charge on any atom is -0.465 e. The quantitative estimate of drug-likeness (QED) is 0.662. The number of halogens is 1. The minimum atomic E-state index is -2.12. The van der Waals surface area contributed by atoms with Crippen LogP contribution in [0.4, 0.5) is 0 Å². The Morgan fingerprint density at radius 3 is 2.71 bits per heavy atom. The SMILES string of the molecule is COC(=O)c1cccc(S(=O)O)c1Br. The summed E-state index contributed by atoms with van der Waals surface area (Å²) in [6.45, 7) is 0. The summed E-state index contributed by atoms with van der Waals surface area (Å²) in [6, 6.07) is 4.47. The van der Waals surface area contributed by atoms with Crippen LogP contribution in [0, 0.1) is 0 Å². The zero-order valence-corrected chi connectivity index (χ0v) is 9.59. The smallest absolute Gasteiger partial charge is 0.339 e. The van der Waals surface area contributed by atoms with Crippen LogP contribution in [0.2, 0.25) is 0 Å². The molecule has 0 radical (unpaired) electrons. The van der Waals surface area contributed by atoms with Gasteiger partial charge in [-0.15, -0.1) is 0 Å². The van der Waals surface area contributed by atoms with Gasteiger partial charge in [0.05, 0.1) is 22.0 Å².